The second kappa shape index (κ2) is 4.95. The van der Waals surface area contributed by atoms with Crippen LogP contribution in [0.25, 0.3) is 0 Å². The van der Waals surface area contributed by atoms with E-state index in [2.05, 4.69) is 0 Å². The van der Waals surface area contributed by atoms with Gasteiger partial charge in [0.2, 0.25) is 0 Å². The molecule has 0 aliphatic heterocycles. The molecule has 5 heteroatoms. The van der Waals surface area contributed by atoms with Crippen LogP contribution in [0.1, 0.15) is 65.2 Å². The normalized spacial score (nSPS) is 63.4. The molecule has 5 nitrogen and oxygen atoms in total. The zero-order valence-electron chi connectivity index (χ0n) is 14.8. The summed E-state index contributed by atoms with van der Waals surface area (Å²) in [6.45, 7) is 4.03. The molecule has 4 fully saturated rings. The lowest BCUT2D eigenvalue weighted by Gasteiger charge is -2.66. The summed E-state index contributed by atoms with van der Waals surface area (Å²) >= 11 is 0. The maximum atomic E-state index is 11.6. The van der Waals surface area contributed by atoms with Crippen molar-refractivity contribution in [2.24, 2.45) is 22.7 Å². The number of aliphatic hydroxyl groups is 5. The highest BCUT2D eigenvalue weighted by atomic mass is 16.3. The minimum atomic E-state index is -1.28. The smallest absolute Gasteiger partial charge is 0.0985 e. The van der Waals surface area contributed by atoms with Gasteiger partial charge in [0.25, 0.3) is 0 Å². The Kier molecular flexibility index (Phi) is 3.55. The molecule has 4 saturated carbocycles. The second-order valence-electron chi connectivity index (χ2n) is 9.64. The molecule has 4 aliphatic carbocycles. The molecule has 0 aromatic rings. The van der Waals surface area contributed by atoms with Crippen molar-refractivity contribution < 1.29 is 25.5 Å². The predicted molar refractivity (Wildman–Crippen MR) is 88.1 cm³/mol. The Morgan fingerprint density at radius 2 is 1.38 bits per heavy atom. The molecular weight excluding hydrogens is 308 g/mol. The van der Waals surface area contributed by atoms with Crippen LogP contribution in [0.3, 0.4) is 0 Å². The molecular formula is C19H32O5. The van der Waals surface area contributed by atoms with Crippen molar-refractivity contribution in [2.75, 3.05) is 0 Å². The van der Waals surface area contributed by atoms with E-state index in [0.29, 0.717) is 32.1 Å². The summed E-state index contributed by atoms with van der Waals surface area (Å²) in [6, 6.07) is 0. The molecule has 4 rings (SSSR count). The third kappa shape index (κ3) is 1.78. The van der Waals surface area contributed by atoms with Crippen LogP contribution in [0, 0.1) is 22.7 Å². The predicted octanol–water partition coefficient (Wildman–Crippen LogP) is 0.952. The van der Waals surface area contributed by atoms with Crippen LogP contribution >= 0.6 is 0 Å². The monoisotopic (exact) mass is 340 g/mol. The van der Waals surface area contributed by atoms with Crippen molar-refractivity contribution >= 4 is 0 Å². The topological polar surface area (TPSA) is 101 Å². The number of aliphatic hydroxyl groups excluding tert-OH is 3. The van der Waals surface area contributed by atoms with Gasteiger partial charge in [0.05, 0.1) is 29.5 Å². The lowest BCUT2D eigenvalue weighted by atomic mass is 9.41. The summed E-state index contributed by atoms with van der Waals surface area (Å²) in [6.07, 6.45) is 2.62. The fourth-order valence-corrected chi connectivity index (χ4v) is 7.19. The summed E-state index contributed by atoms with van der Waals surface area (Å²) in [4.78, 5) is 0. The van der Waals surface area contributed by atoms with Gasteiger partial charge in [0.15, 0.2) is 0 Å². The lowest BCUT2D eigenvalue weighted by Crippen LogP contribution is -2.72. The Morgan fingerprint density at radius 3 is 2.08 bits per heavy atom. The molecule has 9 atom stereocenters. The highest BCUT2D eigenvalue weighted by Gasteiger charge is 2.71. The van der Waals surface area contributed by atoms with Crippen LogP contribution in [-0.2, 0) is 0 Å². The Hall–Kier alpha value is -0.200. The van der Waals surface area contributed by atoms with Crippen LogP contribution < -0.4 is 0 Å². The summed E-state index contributed by atoms with van der Waals surface area (Å²) in [5, 5.41) is 54.3. The molecule has 5 N–H and O–H groups in total. The third-order valence-corrected chi connectivity index (χ3v) is 8.98. The minimum Gasteiger partial charge on any atom is -0.393 e. The molecule has 0 heterocycles. The van der Waals surface area contributed by atoms with Crippen molar-refractivity contribution in [3.63, 3.8) is 0 Å². The molecule has 0 radical (unpaired) electrons. The molecule has 0 bridgehead atoms. The second-order valence-corrected chi connectivity index (χ2v) is 9.64. The van der Waals surface area contributed by atoms with Gasteiger partial charge < -0.3 is 25.5 Å². The Balaban J connectivity index is 1.76. The Labute approximate surface area is 143 Å². The largest absolute Gasteiger partial charge is 0.393 e. The van der Waals surface area contributed by atoms with E-state index in [4.69, 9.17) is 0 Å². The van der Waals surface area contributed by atoms with E-state index in [0.717, 1.165) is 12.8 Å². The molecule has 0 saturated heterocycles. The Morgan fingerprint density at radius 1 is 0.708 bits per heavy atom. The van der Waals surface area contributed by atoms with Crippen LogP contribution in [0.5, 0.6) is 0 Å². The average Bonchev–Trinajstić information content (AvgIpc) is 2.75. The van der Waals surface area contributed by atoms with E-state index >= 15 is 0 Å². The molecule has 4 aliphatic rings. The van der Waals surface area contributed by atoms with Gasteiger partial charge in [-0.15, -0.1) is 0 Å². The van der Waals surface area contributed by atoms with Crippen LogP contribution in [0.15, 0.2) is 0 Å². The summed E-state index contributed by atoms with van der Waals surface area (Å²) in [5.41, 5.74) is -3.28. The molecule has 0 amide bonds. The third-order valence-electron chi connectivity index (χ3n) is 8.98. The van der Waals surface area contributed by atoms with E-state index in [1.54, 1.807) is 0 Å². The minimum absolute atomic E-state index is 0.107. The first-order chi connectivity index (χ1) is 11.1. The highest BCUT2D eigenvalue weighted by molar-refractivity contribution is 5.21. The molecule has 0 aromatic heterocycles. The van der Waals surface area contributed by atoms with Gasteiger partial charge in [0.1, 0.15) is 0 Å². The van der Waals surface area contributed by atoms with Crippen molar-refractivity contribution in [3.05, 3.63) is 0 Å². The fraction of sp³-hybridized carbons (Fsp3) is 1.00. The lowest BCUT2D eigenvalue weighted by molar-refractivity contribution is -0.291. The van der Waals surface area contributed by atoms with Crippen molar-refractivity contribution in [2.45, 2.75) is 94.7 Å². The molecule has 0 spiro atoms. The molecule has 0 aromatic carbocycles. The maximum Gasteiger partial charge on any atom is 0.0985 e. The van der Waals surface area contributed by atoms with Crippen LogP contribution in [0.4, 0.5) is 0 Å². The number of hydrogen-bond acceptors (Lipinski definition) is 5. The van der Waals surface area contributed by atoms with Crippen molar-refractivity contribution in [1.82, 2.24) is 0 Å². The van der Waals surface area contributed by atoms with Gasteiger partial charge in [-0.05, 0) is 56.8 Å². The van der Waals surface area contributed by atoms with E-state index < -0.39 is 40.3 Å². The first-order valence-corrected chi connectivity index (χ1v) is 9.57. The Bertz CT molecular complexity index is 540. The SMILES string of the molecule is C[C@]12CC[C@H]3[C@@H](C[C@@H](O)[C@@]4(O)C[C@@H](O)CC[C@]34C)[C@]1(O)CC[C@@H]2O. The zero-order valence-corrected chi connectivity index (χ0v) is 14.8. The number of fused-ring (bicyclic) bond motifs is 5. The van der Waals surface area contributed by atoms with E-state index in [1.165, 1.54) is 0 Å². The maximum absolute atomic E-state index is 11.6. The molecule has 0 unspecified atom stereocenters. The summed E-state index contributed by atoms with van der Waals surface area (Å²) in [7, 11) is 0. The van der Waals surface area contributed by atoms with E-state index in [1.807, 2.05) is 13.8 Å². The van der Waals surface area contributed by atoms with Gasteiger partial charge in [-0.25, -0.2) is 0 Å². The molecule has 24 heavy (non-hydrogen) atoms. The fourth-order valence-electron chi connectivity index (χ4n) is 7.19. The quantitative estimate of drug-likeness (QED) is 0.452. The van der Waals surface area contributed by atoms with Crippen LogP contribution in [-0.4, -0.2) is 55.0 Å². The summed E-state index contributed by atoms with van der Waals surface area (Å²) in [5.74, 6) is 0.00527. The number of rotatable bonds is 0. The standard InChI is InChI=1S/C19H32O5/c1-16-6-3-11(20)10-19(16,24)15(22)9-13-12(16)4-7-17(2)14(21)5-8-18(13,17)23/h11-15,20-24H,3-10H2,1-2H3/t11-,12-,13+,14-,15+,16+,17+,18+,19-/m0/s1. The highest BCUT2D eigenvalue weighted by Crippen LogP contribution is 2.68. The first-order valence-electron chi connectivity index (χ1n) is 9.57. The van der Waals surface area contributed by atoms with Gasteiger partial charge in [-0.3, -0.25) is 0 Å². The summed E-state index contributed by atoms with van der Waals surface area (Å²) < 4.78 is 0. The van der Waals surface area contributed by atoms with Crippen LogP contribution in [0.2, 0.25) is 0 Å². The van der Waals surface area contributed by atoms with Gasteiger partial charge in [-0.1, -0.05) is 13.8 Å². The zero-order chi connectivity index (χ0) is 17.5. The van der Waals surface area contributed by atoms with E-state index in [9.17, 15) is 25.5 Å². The average molecular weight is 340 g/mol. The van der Waals surface area contributed by atoms with Gasteiger partial charge in [-0.2, -0.15) is 0 Å². The van der Waals surface area contributed by atoms with Crippen molar-refractivity contribution in [1.29, 1.82) is 0 Å². The van der Waals surface area contributed by atoms with Crippen molar-refractivity contribution in [3.8, 4) is 0 Å². The number of hydrogen-bond donors (Lipinski definition) is 5. The molecule has 138 valence electrons. The van der Waals surface area contributed by atoms with Gasteiger partial charge in [0, 0.05) is 17.3 Å². The first kappa shape index (κ1) is 17.2. The van der Waals surface area contributed by atoms with E-state index in [-0.39, 0.29) is 18.3 Å². The van der Waals surface area contributed by atoms with Gasteiger partial charge >= 0.3 is 0 Å².